The average molecular weight is 352 g/mol. The second-order valence-corrected chi connectivity index (χ2v) is 3.45. The summed E-state index contributed by atoms with van der Waals surface area (Å²) < 4.78 is 5.18. The topological polar surface area (TPSA) is 26.3 Å². The van der Waals surface area contributed by atoms with Crippen molar-refractivity contribution in [1.29, 1.82) is 0 Å². The number of benzene rings is 2. The molecule has 0 bridgehead atoms. The molecule has 0 N–H and O–H groups in total. The Morgan fingerprint density at radius 2 is 1.47 bits per heavy atom. The Morgan fingerprint density at radius 3 is 2.06 bits per heavy atom. The zero-order valence-corrected chi connectivity index (χ0v) is 13.9. The molecule has 0 saturated heterocycles. The Kier molecular flexibility index (Phi) is 6.62. The van der Waals surface area contributed by atoms with Gasteiger partial charge in [0.2, 0.25) is 0 Å². The molecule has 0 heterocycles. The van der Waals surface area contributed by atoms with Crippen LogP contribution < -0.4 is 4.74 Å². The summed E-state index contributed by atoms with van der Waals surface area (Å²) in [5.41, 5.74) is 0.962. The minimum Gasteiger partial charge on any atom is -1.00 e. The molecule has 3 heteroatoms. The van der Waals surface area contributed by atoms with Crippen molar-refractivity contribution < 1.29 is 12.4 Å². The van der Waals surface area contributed by atoms with E-state index in [9.17, 15) is 4.79 Å². The molecular weight excluding hydrogens is 337 g/mol. The monoisotopic (exact) mass is 352 g/mol. The normalized spacial score (nSPS) is 9.18. The van der Waals surface area contributed by atoms with E-state index in [0.29, 0.717) is 12.2 Å². The first-order valence-corrected chi connectivity index (χ1v) is 5.14. The maximum Gasteiger partial charge on any atom is 2.00 e. The molecule has 0 spiro atoms. The molecule has 2 rings (SSSR count). The van der Waals surface area contributed by atoms with Crippen LogP contribution in [0.15, 0.2) is 60.7 Å². The smallest absolute Gasteiger partial charge is 1.00 e. The van der Waals surface area contributed by atoms with Gasteiger partial charge in [0, 0.05) is 0 Å². The molecule has 0 aliphatic carbocycles. The summed E-state index contributed by atoms with van der Waals surface area (Å²) in [5, 5.41) is 0. The molecule has 0 amide bonds. The van der Waals surface area contributed by atoms with Crippen LogP contribution in [0.4, 0.5) is 0 Å². The summed E-state index contributed by atoms with van der Waals surface area (Å²) in [6, 6.07) is 18.7. The van der Waals surface area contributed by atoms with Crippen LogP contribution in [-0.4, -0.2) is 54.9 Å². The van der Waals surface area contributed by atoms with E-state index in [1.807, 2.05) is 48.5 Å². The minimum absolute atomic E-state index is 0. The van der Waals surface area contributed by atoms with Crippen molar-refractivity contribution in [2.45, 2.75) is 6.42 Å². The van der Waals surface area contributed by atoms with E-state index in [0.717, 1.165) is 5.56 Å². The third-order valence-electron chi connectivity index (χ3n) is 2.17. The van der Waals surface area contributed by atoms with E-state index in [4.69, 9.17) is 4.74 Å². The van der Waals surface area contributed by atoms with Gasteiger partial charge in [-0.1, -0.05) is 48.5 Å². The Hall–Kier alpha value is -0.519. The van der Waals surface area contributed by atoms with Gasteiger partial charge in [-0.25, -0.2) is 0 Å². The molecule has 2 nitrogen and oxygen atoms in total. The first-order valence-electron chi connectivity index (χ1n) is 5.14. The van der Waals surface area contributed by atoms with Gasteiger partial charge in [-0.3, -0.25) is 4.79 Å². The molecule has 0 saturated carbocycles. The average Bonchev–Trinajstić information content (AvgIpc) is 2.31. The van der Waals surface area contributed by atoms with Gasteiger partial charge in [0.1, 0.15) is 5.75 Å². The van der Waals surface area contributed by atoms with Gasteiger partial charge in [0.15, 0.2) is 0 Å². The Bertz CT molecular complexity index is 420. The Morgan fingerprint density at radius 1 is 0.941 bits per heavy atom. The standard InChI is InChI=1S/C14H12O2.Ba.2H/c15-14(11-12-7-3-1-4-8-12)16-13-9-5-2-6-10-13;;;/h1-10H,11H2;;;/q;+2;2*-1. The van der Waals surface area contributed by atoms with Gasteiger partial charge in [-0.05, 0) is 17.7 Å². The number of hydrogen-bond acceptors (Lipinski definition) is 2. The molecule has 0 fully saturated rings. The maximum absolute atomic E-state index is 11.6. The van der Waals surface area contributed by atoms with Crippen LogP contribution in [0.2, 0.25) is 0 Å². The van der Waals surface area contributed by atoms with Crippen LogP contribution in [-0.2, 0) is 11.2 Å². The Balaban J connectivity index is 0. The van der Waals surface area contributed by atoms with Crippen LogP contribution in [0.25, 0.3) is 0 Å². The maximum atomic E-state index is 11.6. The second-order valence-electron chi connectivity index (χ2n) is 3.45. The molecule has 17 heavy (non-hydrogen) atoms. The number of rotatable bonds is 3. The molecule has 84 valence electrons. The van der Waals surface area contributed by atoms with Crippen molar-refractivity contribution in [3.63, 3.8) is 0 Å². The quantitative estimate of drug-likeness (QED) is 0.483. The number of para-hydroxylation sites is 1. The fourth-order valence-electron chi connectivity index (χ4n) is 1.42. The van der Waals surface area contributed by atoms with Crippen LogP contribution in [0.1, 0.15) is 8.42 Å². The zero-order chi connectivity index (χ0) is 11.2. The van der Waals surface area contributed by atoms with Gasteiger partial charge in [0.25, 0.3) is 0 Å². The molecule has 0 atom stereocenters. The Labute approximate surface area is 144 Å². The van der Waals surface area contributed by atoms with E-state index in [-0.39, 0.29) is 57.7 Å². The summed E-state index contributed by atoms with van der Waals surface area (Å²) in [7, 11) is 0. The van der Waals surface area contributed by atoms with Crippen molar-refractivity contribution in [3.05, 3.63) is 66.2 Å². The zero-order valence-electron chi connectivity index (χ0n) is 11.5. The summed E-state index contributed by atoms with van der Waals surface area (Å²) in [5.74, 6) is 0.348. The van der Waals surface area contributed by atoms with Crippen LogP contribution >= 0.6 is 0 Å². The summed E-state index contributed by atoms with van der Waals surface area (Å²) in [6.07, 6.45) is 0.301. The number of ether oxygens (including phenoxy) is 1. The van der Waals surface area contributed by atoms with E-state index in [1.54, 1.807) is 12.1 Å². The van der Waals surface area contributed by atoms with Crippen molar-refractivity contribution in [1.82, 2.24) is 0 Å². The number of carbonyl (C=O) groups is 1. The molecule has 0 radical (unpaired) electrons. The minimum atomic E-state index is -0.239. The fourth-order valence-corrected chi connectivity index (χ4v) is 1.42. The summed E-state index contributed by atoms with van der Waals surface area (Å²) in [4.78, 5) is 11.6. The third-order valence-corrected chi connectivity index (χ3v) is 2.17. The van der Waals surface area contributed by atoms with E-state index < -0.39 is 0 Å². The molecular formula is C14H14BaO2. The first-order chi connectivity index (χ1) is 7.84. The van der Waals surface area contributed by atoms with E-state index >= 15 is 0 Å². The second kappa shape index (κ2) is 7.74. The fraction of sp³-hybridized carbons (Fsp3) is 0.0714. The van der Waals surface area contributed by atoms with Crippen molar-refractivity contribution in [2.24, 2.45) is 0 Å². The van der Waals surface area contributed by atoms with Gasteiger partial charge in [0.05, 0.1) is 6.42 Å². The van der Waals surface area contributed by atoms with Crippen LogP contribution in [0.3, 0.4) is 0 Å². The van der Waals surface area contributed by atoms with Crippen molar-refractivity contribution in [2.75, 3.05) is 0 Å². The third kappa shape index (κ3) is 5.10. The van der Waals surface area contributed by atoms with Crippen LogP contribution in [0, 0.1) is 0 Å². The van der Waals surface area contributed by atoms with Gasteiger partial charge < -0.3 is 7.59 Å². The number of esters is 1. The molecule has 0 aliphatic rings. The van der Waals surface area contributed by atoms with Gasteiger partial charge >= 0.3 is 54.9 Å². The summed E-state index contributed by atoms with van der Waals surface area (Å²) in [6.45, 7) is 0. The largest absolute Gasteiger partial charge is 2.00 e. The van der Waals surface area contributed by atoms with E-state index in [1.165, 1.54) is 0 Å². The van der Waals surface area contributed by atoms with Gasteiger partial charge in [-0.2, -0.15) is 0 Å². The number of carbonyl (C=O) groups excluding carboxylic acids is 1. The SMILES string of the molecule is O=C(Cc1ccccc1)Oc1ccccc1.[Ba+2].[H-].[H-]. The van der Waals surface area contributed by atoms with Gasteiger partial charge in [-0.15, -0.1) is 0 Å². The molecule has 0 aliphatic heterocycles. The number of hydrogen-bond donors (Lipinski definition) is 0. The predicted molar refractivity (Wildman–Crippen MR) is 70.2 cm³/mol. The summed E-state index contributed by atoms with van der Waals surface area (Å²) >= 11 is 0. The molecule has 2 aromatic carbocycles. The van der Waals surface area contributed by atoms with Crippen molar-refractivity contribution in [3.8, 4) is 5.75 Å². The van der Waals surface area contributed by atoms with E-state index in [2.05, 4.69) is 0 Å². The molecule has 2 aromatic rings. The molecule has 0 aromatic heterocycles. The molecule has 0 unspecified atom stereocenters. The first kappa shape index (κ1) is 14.5. The van der Waals surface area contributed by atoms with Crippen molar-refractivity contribution >= 4 is 54.9 Å². The van der Waals surface area contributed by atoms with Crippen LogP contribution in [0.5, 0.6) is 5.75 Å². The predicted octanol–water partition coefficient (Wildman–Crippen LogP) is 2.68.